The summed E-state index contributed by atoms with van der Waals surface area (Å²) >= 11 is 0. The fraction of sp³-hybridized carbons (Fsp3) is 0.857. The van der Waals surface area contributed by atoms with E-state index < -0.39 is 5.97 Å². The number of esters is 2. The largest absolute Gasteiger partial charge is 0.463 e. The summed E-state index contributed by atoms with van der Waals surface area (Å²) in [6.07, 6.45) is 11.6. The summed E-state index contributed by atoms with van der Waals surface area (Å²) in [5, 5.41) is 0. The van der Waals surface area contributed by atoms with Gasteiger partial charge >= 0.3 is 11.9 Å². The highest BCUT2D eigenvalue weighted by atomic mass is 16.6. The van der Waals surface area contributed by atoms with Crippen molar-refractivity contribution >= 4 is 11.9 Å². The highest BCUT2D eigenvalue weighted by molar-refractivity contribution is 5.86. The summed E-state index contributed by atoms with van der Waals surface area (Å²) in [6.45, 7) is 12.2. The van der Waals surface area contributed by atoms with Gasteiger partial charge in [-0.2, -0.15) is 0 Å². The lowest BCUT2D eigenvalue weighted by Gasteiger charge is -2.08. The molecule has 0 bridgehead atoms. The van der Waals surface area contributed by atoms with Gasteiger partial charge in [-0.05, 0) is 13.3 Å². The van der Waals surface area contributed by atoms with E-state index in [0.29, 0.717) is 78.1 Å². The van der Waals surface area contributed by atoms with E-state index in [1.807, 2.05) is 0 Å². The van der Waals surface area contributed by atoms with E-state index in [4.69, 9.17) is 33.2 Å². The molecule has 0 spiro atoms. The molecule has 0 fully saturated rings. The maximum absolute atomic E-state index is 11.7. The quantitative estimate of drug-likeness (QED) is 0.0774. The smallest absolute Gasteiger partial charge is 0.333 e. The van der Waals surface area contributed by atoms with Crippen LogP contribution in [0.25, 0.3) is 0 Å². The van der Waals surface area contributed by atoms with Gasteiger partial charge in [0.15, 0.2) is 0 Å². The molecule has 0 aliphatic rings. The van der Waals surface area contributed by atoms with Gasteiger partial charge in [-0.15, -0.1) is 0 Å². The molecule has 0 unspecified atom stereocenters. The Kier molecular flexibility index (Phi) is 27.8. The maximum atomic E-state index is 11.7. The van der Waals surface area contributed by atoms with Gasteiger partial charge in [0.25, 0.3) is 0 Å². The first-order valence-electron chi connectivity index (χ1n) is 13.9. The Balaban J connectivity index is 3.17. The summed E-state index contributed by atoms with van der Waals surface area (Å²) in [5.41, 5.74) is 0.371. The molecule has 0 saturated carbocycles. The van der Waals surface area contributed by atoms with Crippen LogP contribution in [0.15, 0.2) is 12.2 Å². The number of carbonyl (C=O) groups is 2. The van der Waals surface area contributed by atoms with Crippen LogP contribution in [0, 0.1) is 0 Å². The van der Waals surface area contributed by atoms with Crippen molar-refractivity contribution in [3.63, 3.8) is 0 Å². The Bertz CT molecular complexity index is 540. The molecule has 0 rings (SSSR count). The monoisotopic (exact) mass is 532 g/mol. The van der Waals surface area contributed by atoms with Crippen molar-refractivity contribution in [1.29, 1.82) is 0 Å². The third-order valence-electron chi connectivity index (χ3n) is 5.27. The Hall–Kier alpha value is -1.52. The minimum absolute atomic E-state index is 0.141. The highest BCUT2D eigenvalue weighted by Gasteiger charge is 2.03. The molecule has 0 atom stereocenters. The van der Waals surface area contributed by atoms with Gasteiger partial charge in [0.05, 0.1) is 66.1 Å². The summed E-state index contributed by atoms with van der Waals surface area (Å²) in [5.74, 6) is -0.552. The van der Waals surface area contributed by atoms with Crippen LogP contribution >= 0.6 is 0 Å². The number of unbranched alkanes of at least 4 members (excludes halogenated alkanes) is 8. The Morgan fingerprint density at radius 3 is 1.27 bits per heavy atom. The highest BCUT2D eigenvalue weighted by Crippen LogP contribution is 2.10. The minimum atomic E-state index is -0.411. The van der Waals surface area contributed by atoms with E-state index in [1.54, 1.807) is 6.92 Å². The number of hydrogen-bond acceptors (Lipinski definition) is 9. The molecule has 0 aromatic rings. The van der Waals surface area contributed by atoms with E-state index in [1.165, 1.54) is 44.9 Å². The SMILES string of the molecule is C=C(C)C(=O)OCCOCCOCCOCCOCCOCCOC(=O)CCCCCCCCCCC. The zero-order valence-corrected chi connectivity index (χ0v) is 23.4. The molecule has 37 heavy (non-hydrogen) atoms. The standard InChI is InChI=1S/C28H52O9/c1-4-5-6-7-8-9-10-11-12-13-27(29)36-24-22-34-20-18-32-16-14-31-15-17-33-19-21-35-23-25-37-28(30)26(2)3/h2,4-25H2,1,3H3. The van der Waals surface area contributed by atoms with Crippen LogP contribution in [0.5, 0.6) is 0 Å². The molecule has 0 aliphatic heterocycles. The Morgan fingerprint density at radius 1 is 0.514 bits per heavy atom. The minimum Gasteiger partial charge on any atom is -0.463 e. The predicted octanol–water partition coefficient (Wildman–Crippen LogP) is 4.65. The van der Waals surface area contributed by atoms with Crippen molar-refractivity contribution < 1.29 is 42.7 Å². The molecular weight excluding hydrogens is 480 g/mol. The van der Waals surface area contributed by atoms with Crippen molar-refractivity contribution in [3.05, 3.63) is 12.2 Å². The molecule has 0 heterocycles. The van der Waals surface area contributed by atoms with Crippen molar-refractivity contribution in [3.8, 4) is 0 Å². The third-order valence-corrected chi connectivity index (χ3v) is 5.27. The van der Waals surface area contributed by atoms with E-state index in [9.17, 15) is 9.59 Å². The first kappa shape index (κ1) is 35.5. The Labute approximate surface area is 224 Å². The van der Waals surface area contributed by atoms with Crippen LogP contribution in [0.4, 0.5) is 0 Å². The zero-order chi connectivity index (χ0) is 27.2. The van der Waals surface area contributed by atoms with E-state index in [2.05, 4.69) is 13.5 Å². The molecule has 0 saturated heterocycles. The van der Waals surface area contributed by atoms with Crippen molar-refractivity contribution in [2.24, 2.45) is 0 Å². The summed E-state index contributed by atoms with van der Waals surface area (Å²) < 4.78 is 37.0. The summed E-state index contributed by atoms with van der Waals surface area (Å²) in [4.78, 5) is 22.9. The third kappa shape index (κ3) is 28.9. The van der Waals surface area contributed by atoms with Gasteiger partial charge in [-0.3, -0.25) is 4.79 Å². The van der Waals surface area contributed by atoms with Gasteiger partial charge in [-0.1, -0.05) is 64.9 Å². The molecule has 0 aromatic heterocycles. The average molecular weight is 533 g/mol. The zero-order valence-electron chi connectivity index (χ0n) is 23.4. The number of ether oxygens (including phenoxy) is 7. The second-order valence-corrected chi connectivity index (χ2v) is 8.78. The van der Waals surface area contributed by atoms with Crippen LogP contribution in [-0.4, -0.2) is 91.2 Å². The van der Waals surface area contributed by atoms with Crippen LogP contribution in [0.2, 0.25) is 0 Å². The second-order valence-electron chi connectivity index (χ2n) is 8.78. The predicted molar refractivity (Wildman–Crippen MR) is 143 cm³/mol. The van der Waals surface area contributed by atoms with E-state index in [0.717, 1.165) is 12.8 Å². The van der Waals surface area contributed by atoms with Crippen LogP contribution < -0.4 is 0 Å². The molecule has 0 aromatic carbocycles. The van der Waals surface area contributed by atoms with Crippen molar-refractivity contribution in [2.75, 3.05) is 79.3 Å². The molecule has 0 amide bonds. The lowest BCUT2D eigenvalue weighted by Crippen LogP contribution is -2.15. The molecule has 0 radical (unpaired) electrons. The van der Waals surface area contributed by atoms with E-state index in [-0.39, 0.29) is 19.2 Å². The first-order chi connectivity index (χ1) is 18.1. The molecule has 9 nitrogen and oxygen atoms in total. The van der Waals surface area contributed by atoms with Gasteiger partial charge < -0.3 is 33.2 Å². The maximum Gasteiger partial charge on any atom is 0.333 e. The van der Waals surface area contributed by atoms with Gasteiger partial charge in [0, 0.05) is 12.0 Å². The van der Waals surface area contributed by atoms with Crippen LogP contribution in [0.3, 0.4) is 0 Å². The average Bonchev–Trinajstić information content (AvgIpc) is 2.88. The molecule has 0 N–H and O–H groups in total. The lowest BCUT2D eigenvalue weighted by molar-refractivity contribution is -0.145. The van der Waals surface area contributed by atoms with Crippen LogP contribution in [-0.2, 0) is 42.7 Å². The molecular formula is C28H52O9. The number of rotatable bonds is 29. The van der Waals surface area contributed by atoms with Gasteiger partial charge in [0.1, 0.15) is 13.2 Å². The van der Waals surface area contributed by atoms with E-state index >= 15 is 0 Å². The second kappa shape index (κ2) is 29.0. The molecule has 218 valence electrons. The van der Waals surface area contributed by atoms with Gasteiger partial charge in [0.2, 0.25) is 0 Å². The normalized spacial score (nSPS) is 11.0. The molecule has 9 heteroatoms. The van der Waals surface area contributed by atoms with Crippen molar-refractivity contribution in [1.82, 2.24) is 0 Å². The lowest BCUT2D eigenvalue weighted by atomic mass is 10.1. The summed E-state index contributed by atoms with van der Waals surface area (Å²) in [7, 11) is 0. The van der Waals surface area contributed by atoms with Crippen LogP contribution in [0.1, 0.15) is 78.1 Å². The topological polar surface area (TPSA) is 98.8 Å². The number of carbonyl (C=O) groups excluding carboxylic acids is 2. The fourth-order valence-corrected chi connectivity index (χ4v) is 3.16. The molecule has 0 aliphatic carbocycles. The van der Waals surface area contributed by atoms with Crippen molar-refractivity contribution in [2.45, 2.75) is 78.1 Å². The number of hydrogen-bond donors (Lipinski definition) is 0. The first-order valence-corrected chi connectivity index (χ1v) is 13.9. The Morgan fingerprint density at radius 2 is 0.865 bits per heavy atom. The van der Waals surface area contributed by atoms with Gasteiger partial charge in [-0.25, -0.2) is 4.79 Å². The summed E-state index contributed by atoms with van der Waals surface area (Å²) in [6, 6.07) is 0. The fourth-order valence-electron chi connectivity index (χ4n) is 3.16.